The first kappa shape index (κ1) is 15.4. The van der Waals surface area contributed by atoms with E-state index in [2.05, 4.69) is 9.97 Å². The van der Waals surface area contributed by atoms with Crippen molar-refractivity contribution in [1.29, 1.82) is 0 Å². The number of carbonyl (C=O) groups excluding carboxylic acids is 1. The maximum Gasteiger partial charge on any atom is 0.257 e. The number of nitrogens with zero attached hydrogens (tertiary/aromatic N) is 3. The van der Waals surface area contributed by atoms with Crippen LogP contribution in [0.25, 0.3) is 0 Å². The molecule has 120 valence electrons. The van der Waals surface area contributed by atoms with Crippen LogP contribution in [-0.2, 0) is 9.47 Å². The van der Waals surface area contributed by atoms with E-state index in [1.165, 1.54) is 0 Å². The molecule has 3 heterocycles. The van der Waals surface area contributed by atoms with E-state index in [0.29, 0.717) is 24.5 Å². The van der Waals surface area contributed by atoms with Gasteiger partial charge >= 0.3 is 0 Å². The zero-order chi connectivity index (χ0) is 15.7. The molecule has 1 aromatic rings. The van der Waals surface area contributed by atoms with Crippen LogP contribution >= 0.6 is 0 Å². The van der Waals surface area contributed by atoms with E-state index < -0.39 is 0 Å². The number of aryl methyl sites for hydroxylation is 2. The minimum Gasteiger partial charge on any atom is -0.378 e. The molecule has 6 nitrogen and oxygen atoms in total. The third-order valence-corrected chi connectivity index (χ3v) is 4.74. The van der Waals surface area contributed by atoms with Gasteiger partial charge in [0.1, 0.15) is 11.4 Å². The second-order valence-corrected chi connectivity index (χ2v) is 6.17. The summed E-state index contributed by atoms with van der Waals surface area (Å²) in [4.78, 5) is 23.1. The van der Waals surface area contributed by atoms with Crippen molar-refractivity contribution in [2.75, 3.05) is 26.8 Å². The maximum absolute atomic E-state index is 12.8. The number of carbonyl (C=O) groups is 1. The summed E-state index contributed by atoms with van der Waals surface area (Å²) in [5.41, 5.74) is 0.963. The molecule has 0 N–H and O–H groups in total. The number of aromatic nitrogens is 2. The minimum atomic E-state index is -0.345. The minimum absolute atomic E-state index is 0.0121. The van der Waals surface area contributed by atoms with Crippen molar-refractivity contribution in [1.82, 2.24) is 14.9 Å². The summed E-state index contributed by atoms with van der Waals surface area (Å²) in [6.07, 6.45) is 4.46. The van der Waals surface area contributed by atoms with Crippen LogP contribution < -0.4 is 0 Å². The molecule has 0 aromatic carbocycles. The second-order valence-electron chi connectivity index (χ2n) is 6.17. The van der Waals surface area contributed by atoms with Crippen molar-refractivity contribution in [3.05, 3.63) is 23.3 Å². The van der Waals surface area contributed by atoms with Gasteiger partial charge in [0, 0.05) is 26.5 Å². The molecule has 2 atom stereocenters. The first-order valence-electron chi connectivity index (χ1n) is 7.82. The molecule has 1 aromatic heterocycles. The smallest absolute Gasteiger partial charge is 0.257 e. The Balaban J connectivity index is 1.82. The van der Waals surface area contributed by atoms with Crippen LogP contribution in [0.5, 0.6) is 0 Å². The topological polar surface area (TPSA) is 64.5 Å². The van der Waals surface area contributed by atoms with Gasteiger partial charge in [0.15, 0.2) is 0 Å². The van der Waals surface area contributed by atoms with Crippen LogP contribution in [0.2, 0.25) is 0 Å². The summed E-state index contributed by atoms with van der Waals surface area (Å²) in [5.74, 6) is 0.671. The number of piperidine rings is 1. The van der Waals surface area contributed by atoms with Crippen LogP contribution in [0.4, 0.5) is 0 Å². The van der Waals surface area contributed by atoms with E-state index in [0.717, 1.165) is 31.6 Å². The fraction of sp³-hybridized carbons (Fsp3) is 0.688. The van der Waals surface area contributed by atoms with Crippen LogP contribution in [0.3, 0.4) is 0 Å². The van der Waals surface area contributed by atoms with Crippen molar-refractivity contribution in [3.63, 3.8) is 0 Å². The number of likely N-dealkylation sites (tertiary alicyclic amines) is 1. The number of amides is 1. The molecular weight excluding hydrogens is 282 g/mol. The number of hydrogen-bond donors (Lipinski definition) is 0. The Bertz CT molecular complexity index is 570. The van der Waals surface area contributed by atoms with E-state index in [9.17, 15) is 4.79 Å². The number of rotatable bonds is 2. The Morgan fingerprint density at radius 2 is 2.32 bits per heavy atom. The highest BCUT2D eigenvalue weighted by molar-refractivity contribution is 5.95. The first-order valence-corrected chi connectivity index (χ1v) is 7.82. The van der Waals surface area contributed by atoms with Crippen LogP contribution in [0, 0.1) is 13.8 Å². The maximum atomic E-state index is 12.8. The summed E-state index contributed by atoms with van der Waals surface area (Å²) in [6.45, 7) is 5.68. The van der Waals surface area contributed by atoms with Gasteiger partial charge in [-0.05, 0) is 33.1 Å². The molecule has 0 radical (unpaired) electrons. The summed E-state index contributed by atoms with van der Waals surface area (Å²) in [7, 11) is 1.73. The van der Waals surface area contributed by atoms with Crippen LogP contribution in [0.1, 0.15) is 41.1 Å². The van der Waals surface area contributed by atoms with E-state index in [1.807, 2.05) is 18.7 Å². The van der Waals surface area contributed by atoms with Gasteiger partial charge in [-0.25, -0.2) is 9.97 Å². The highest BCUT2D eigenvalue weighted by Crippen LogP contribution is 2.36. The zero-order valence-corrected chi connectivity index (χ0v) is 13.5. The fourth-order valence-electron chi connectivity index (χ4n) is 3.61. The molecule has 3 rings (SSSR count). The highest BCUT2D eigenvalue weighted by atomic mass is 16.6. The Hall–Kier alpha value is -1.53. The summed E-state index contributed by atoms with van der Waals surface area (Å²) < 4.78 is 11.6. The Kier molecular flexibility index (Phi) is 4.14. The van der Waals surface area contributed by atoms with E-state index in [1.54, 1.807) is 13.3 Å². The summed E-state index contributed by atoms with van der Waals surface area (Å²) >= 11 is 0. The number of hydrogen-bond acceptors (Lipinski definition) is 5. The van der Waals surface area contributed by atoms with Gasteiger partial charge in [0.2, 0.25) is 0 Å². The average molecular weight is 305 g/mol. The van der Waals surface area contributed by atoms with Crippen molar-refractivity contribution in [2.45, 2.75) is 44.8 Å². The molecule has 0 bridgehead atoms. The average Bonchev–Trinajstić information content (AvgIpc) is 2.95. The molecule has 6 heteroatoms. The number of ether oxygens (including phenoxy) is 2. The van der Waals surface area contributed by atoms with Crippen molar-refractivity contribution >= 4 is 5.91 Å². The molecule has 2 aliphatic rings. The lowest BCUT2D eigenvalue weighted by atomic mass is 9.86. The van der Waals surface area contributed by atoms with Gasteiger partial charge in [-0.2, -0.15) is 0 Å². The van der Waals surface area contributed by atoms with Gasteiger partial charge in [-0.15, -0.1) is 0 Å². The molecule has 22 heavy (non-hydrogen) atoms. The standard InChI is InChI=1S/C16H23N3O3/c1-11-13(9-17-12(2)18-11)15(20)19-7-5-14(21-3)16(10-19)6-4-8-22-16/h9,14H,4-8,10H2,1-3H3/t14-,16-/m0/s1. The lowest BCUT2D eigenvalue weighted by Gasteiger charge is -2.44. The fourth-order valence-corrected chi connectivity index (χ4v) is 3.61. The normalized spacial score (nSPS) is 28.3. The van der Waals surface area contributed by atoms with E-state index >= 15 is 0 Å². The van der Waals surface area contributed by atoms with Crippen LogP contribution in [0.15, 0.2) is 6.20 Å². The predicted octanol–water partition coefficient (Wildman–Crippen LogP) is 1.50. The van der Waals surface area contributed by atoms with Crippen molar-refractivity contribution in [2.24, 2.45) is 0 Å². The second kappa shape index (κ2) is 5.93. The molecule has 1 amide bonds. The molecule has 1 spiro atoms. The monoisotopic (exact) mass is 305 g/mol. The third kappa shape index (κ3) is 2.61. The zero-order valence-electron chi connectivity index (χ0n) is 13.5. The Labute approximate surface area is 130 Å². The first-order chi connectivity index (χ1) is 10.6. The lowest BCUT2D eigenvalue weighted by Crippen LogP contribution is -2.58. The summed E-state index contributed by atoms with van der Waals surface area (Å²) in [6, 6.07) is 0. The predicted molar refractivity (Wildman–Crippen MR) is 80.7 cm³/mol. The molecule has 2 saturated heterocycles. The quantitative estimate of drug-likeness (QED) is 0.828. The summed E-state index contributed by atoms with van der Waals surface area (Å²) in [5, 5.41) is 0. The molecule has 0 unspecified atom stereocenters. The number of methoxy groups -OCH3 is 1. The van der Waals surface area contributed by atoms with E-state index in [-0.39, 0.29) is 17.6 Å². The largest absolute Gasteiger partial charge is 0.378 e. The molecule has 2 aliphatic heterocycles. The van der Waals surface area contributed by atoms with Gasteiger partial charge < -0.3 is 14.4 Å². The Morgan fingerprint density at radius 1 is 1.50 bits per heavy atom. The van der Waals surface area contributed by atoms with E-state index in [4.69, 9.17) is 9.47 Å². The van der Waals surface area contributed by atoms with Gasteiger partial charge in [-0.3, -0.25) is 4.79 Å². The molecule has 0 saturated carbocycles. The van der Waals surface area contributed by atoms with Crippen molar-refractivity contribution in [3.8, 4) is 0 Å². The van der Waals surface area contributed by atoms with Gasteiger partial charge in [-0.1, -0.05) is 0 Å². The third-order valence-electron chi connectivity index (χ3n) is 4.74. The lowest BCUT2D eigenvalue weighted by molar-refractivity contribution is -0.137. The molecule has 0 aliphatic carbocycles. The Morgan fingerprint density at radius 3 is 2.95 bits per heavy atom. The molecular formula is C16H23N3O3. The highest BCUT2D eigenvalue weighted by Gasteiger charge is 2.48. The van der Waals surface area contributed by atoms with Gasteiger partial charge in [0.25, 0.3) is 5.91 Å². The SMILES string of the molecule is CO[C@H]1CCN(C(=O)c2cnc(C)nc2C)C[C@@]12CCCO2. The van der Waals surface area contributed by atoms with Gasteiger partial charge in [0.05, 0.1) is 23.9 Å². The van der Waals surface area contributed by atoms with Crippen molar-refractivity contribution < 1.29 is 14.3 Å². The van der Waals surface area contributed by atoms with Crippen LogP contribution in [-0.4, -0.2) is 59.3 Å². The molecule has 2 fully saturated rings.